The van der Waals surface area contributed by atoms with Crippen molar-refractivity contribution in [2.45, 2.75) is 97.8 Å². The number of hydrogen-bond acceptors (Lipinski definition) is 11. The summed E-state index contributed by atoms with van der Waals surface area (Å²) in [6.45, 7) is 14.4. The third-order valence-corrected chi connectivity index (χ3v) is 12.6. The highest BCUT2D eigenvalue weighted by Crippen LogP contribution is 2.42. The zero-order valence-corrected chi connectivity index (χ0v) is 36.5. The predicted molar refractivity (Wildman–Crippen MR) is 242 cm³/mol. The number of hydrogen-bond donors (Lipinski definition) is 5. The summed E-state index contributed by atoms with van der Waals surface area (Å²) in [6, 6.07) is 11.5. The molecule has 5 N–H and O–H groups in total. The van der Waals surface area contributed by atoms with Gasteiger partial charge in [0, 0.05) is 89.9 Å². The van der Waals surface area contributed by atoms with Crippen molar-refractivity contribution in [2.24, 2.45) is 0 Å². The standard InChI is InChI=1S/C47H51N13O4/c1-6-60-39(21-36(56-60)29-13-14-29)53-43-41-33-19-25(2)32(40-27(4)57-64-28(40)5)20-37(33)52-42(41)54-44(55-43)46(62)49-17-18-58-22-30(50-24-58)9-8-16-48-35-11-7-10-31-34(35)23-59(47(31)63)38-15-12-26(3)51-45(38)61/h7,10-11,19-22,24,29,38,48H,3,6,8-9,12-18,23H2,1-2,4-5H3,(H,49,62)(H,51,61)(H2,52,53,54,55). The molecule has 7 aromatic rings. The fraction of sp³-hybridized carbons (Fsp3) is 0.362. The summed E-state index contributed by atoms with van der Waals surface area (Å²) in [7, 11) is 0. The fourth-order valence-electron chi connectivity index (χ4n) is 9.12. The maximum absolute atomic E-state index is 13.8. The number of amides is 3. The lowest BCUT2D eigenvalue weighted by atomic mass is 9.97. The minimum Gasteiger partial charge on any atom is -0.385 e. The van der Waals surface area contributed by atoms with Crippen LogP contribution >= 0.6 is 0 Å². The Kier molecular flexibility index (Phi) is 10.5. The van der Waals surface area contributed by atoms with Crippen LogP contribution < -0.4 is 21.3 Å². The van der Waals surface area contributed by atoms with Gasteiger partial charge in [-0.15, -0.1) is 0 Å². The summed E-state index contributed by atoms with van der Waals surface area (Å²) >= 11 is 0. The van der Waals surface area contributed by atoms with Gasteiger partial charge in [0.1, 0.15) is 29.1 Å². The number of benzene rings is 2. The lowest BCUT2D eigenvalue weighted by molar-refractivity contribution is -0.126. The van der Waals surface area contributed by atoms with Crippen LogP contribution in [0.5, 0.6) is 0 Å². The summed E-state index contributed by atoms with van der Waals surface area (Å²) in [5.41, 5.74) is 10.4. The molecule has 1 unspecified atom stereocenters. The van der Waals surface area contributed by atoms with Gasteiger partial charge in [0.25, 0.3) is 11.8 Å². The highest BCUT2D eigenvalue weighted by molar-refractivity contribution is 6.13. The van der Waals surface area contributed by atoms with Crippen LogP contribution in [0.2, 0.25) is 0 Å². The van der Waals surface area contributed by atoms with E-state index in [2.05, 4.69) is 75.0 Å². The predicted octanol–water partition coefficient (Wildman–Crippen LogP) is 6.95. The zero-order valence-electron chi connectivity index (χ0n) is 36.5. The molecule has 17 nitrogen and oxygen atoms in total. The first-order chi connectivity index (χ1) is 31.0. The highest BCUT2D eigenvalue weighted by atomic mass is 16.5. The number of carbonyl (C=O) groups is 3. The van der Waals surface area contributed by atoms with Crippen molar-refractivity contribution in [1.29, 1.82) is 0 Å². The van der Waals surface area contributed by atoms with Gasteiger partial charge in [-0.3, -0.25) is 14.4 Å². The molecule has 0 radical (unpaired) electrons. The average molecular weight is 862 g/mol. The summed E-state index contributed by atoms with van der Waals surface area (Å²) in [4.78, 5) is 59.1. The number of aryl methyl sites for hydroxylation is 5. The number of rotatable bonds is 15. The first-order valence-electron chi connectivity index (χ1n) is 22.1. The lowest BCUT2D eigenvalue weighted by Crippen LogP contribution is -2.49. The van der Waals surface area contributed by atoms with E-state index in [1.807, 2.05) is 47.5 Å². The van der Waals surface area contributed by atoms with Gasteiger partial charge in [0.2, 0.25) is 11.7 Å². The van der Waals surface area contributed by atoms with Gasteiger partial charge in [-0.25, -0.2) is 19.6 Å². The molecule has 5 aromatic heterocycles. The Morgan fingerprint density at radius 2 is 1.91 bits per heavy atom. The van der Waals surface area contributed by atoms with E-state index < -0.39 is 11.9 Å². The van der Waals surface area contributed by atoms with E-state index >= 15 is 0 Å². The summed E-state index contributed by atoms with van der Waals surface area (Å²) < 4.78 is 9.41. The van der Waals surface area contributed by atoms with Crippen molar-refractivity contribution < 1.29 is 18.9 Å². The minimum atomic E-state index is -0.498. The number of aromatic amines is 1. The van der Waals surface area contributed by atoms with E-state index in [0.29, 0.717) is 74.2 Å². The molecule has 328 valence electrons. The number of piperidine rings is 1. The Balaban J connectivity index is 0.800. The molecule has 1 saturated heterocycles. The molecular formula is C47H51N13O4. The fourth-order valence-corrected chi connectivity index (χ4v) is 9.12. The topological polar surface area (TPSA) is 206 Å². The van der Waals surface area contributed by atoms with E-state index in [1.54, 1.807) is 11.2 Å². The van der Waals surface area contributed by atoms with E-state index in [9.17, 15) is 14.4 Å². The smallest absolute Gasteiger partial charge is 0.289 e. The van der Waals surface area contributed by atoms with Crippen LogP contribution in [0.15, 0.2) is 65.7 Å². The van der Waals surface area contributed by atoms with Crippen LogP contribution in [0.3, 0.4) is 0 Å². The maximum Gasteiger partial charge on any atom is 0.289 e. The van der Waals surface area contributed by atoms with Crippen LogP contribution in [0.1, 0.15) is 99.9 Å². The normalized spacial score (nSPS) is 16.2. The van der Waals surface area contributed by atoms with E-state index in [4.69, 9.17) is 19.6 Å². The summed E-state index contributed by atoms with van der Waals surface area (Å²) in [6.07, 6.45) is 8.83. The second-order valence-corrected chi connectivity index (χ2v) is 17.1. The quantitative estimate of drug-likeness (QED) is 0.0667. The number of aromatic nitrogens is 8. The van der Waals surface area contributed by atoms with Gasteiger partial charge in [0.05, 0.1) is 28.8 Å². The van der Waals surface area contributed by atoms with E-state index in [1.165, 1.54) is 0 Å². The van der Waals surface area contributed by atoms with Gasteiger partial charge in [-0.1, -0.05) is 17.8 Å². The lowest BCUT2D eigenvalue weighted by Gasteiger charge is -2.31. The number of carbonyl (C=O) groups excluding carboxylic acids is 3. The Labute approximate surface area is 369 Å². The molecule has 10 rings (SSSR count). The molecule has 17 heteroatoms. The number of allylic oxidation sites excluding steroid dienone is 1. The number of anilines is 3. The van der Waals surface area contributed by atoms with Crippen LogP contribution in [-0.2, 0) is 30.8 Å². The van der Waals surface area contributed by atoms with Crippen LogP contribution in [0.4, 0.5) is 17.3 Å². The average Bonchev–Trinajstić information content (AvgIpc) is 3.52. The first kappa shape index (κ1) is 40.8. The Bertz CT molecular complexity index is 2990. The monoisotopic (exact) mass is 861 g/mol. The summed E-state index contributed by atoms with van der Waals surface area (Å²) in [5.74, 6) is 1.91. The number of nitrogens with zero attached hydrogens (tertiary/aromatic N) is 8. The second-order valence-electron chi connectivity index (χ2n) is 17.1. The molecule has 2 aliphatic heterocycles. The molecule has 64 heavy (non-hydrogen) atoms. The third kappa shape index (κ3) is 7.64. The molecule has 2 fully saturated rings. The zero-order chi connectivity index (χ0) is 44.2. The van der Waals surface area contributed by atoms with Crippen molar-refractivity contribution in [2.75, 3.05) is 23.7 Å². The van der Waals surface area contributed by atoms with E-state index in [-0.39, 0.29) is 17.6 Å². The molecule has 7 heterocycles. The Morgan fingerprint density at radius 3 is 2.69 bits per heavy atom. The van der Waals surface area contributed by atoms with Crippen LogP contribution in [0, 0.1) is 20.8 Å². The molecule has 3 aliphatic rings. The summed E-state index contributed by atoms with van der Waals surface area (Å²) in [5, 5.41) is 23.6. The van der Waals surface area contributed by atoms with Crippen molar-refractivity contribution in [3.63, 3.8) is 0 Å². The second kappa shape index (κ2) is 16.4. The number of nitrogens with one attached hydrogen (secondary N) is 5. The molecule has 2 aromatic carbocycles. The van der Waals surface area contributed by atoms with Gasteiger partial charge in [0.15, 0.2) is 0 Å². The molecular weight excluding hydrogens is 811 g/mol. The number of fused-ring (bicyclic) bond motifs is 4. The molecule has 0 bridgehead atoms. The van der Waals surface area contributed by atoms with Crippen LogP contribution in [-0.4, -0.2) is 81.2 Å². The maximum atomic E-state index is 13.8. The molecule has 0 spiro atoms. The molecule has 1 aliphatic carbocycles. The van der Waals surface area contributed by atoms with Gasteiger partial charge >= 0.3 is 0 Å². The largest absolute Gasteiger partial charge is 0.385 e. The van der Waals surface area contributed by atoms with Crippen molar-refractivity contribution in [1.82, 2.24) is 55.0 Å². The highest BCUT2D eigenvalue weighted by Gasteiger charge is 2.39. The van der Waals surface area contributed by atoms with Crippen LogP contribution in [0.25, 0.3) is 33.1 Å². The number of imidazole rings is 1. The van der Waals surface area contributed by atoms with E-state index in [0.717, 1.165) is 98.6 Å². The SMILES string of the molecule is C=C1CCC(N2Cc3c(NCCCc4cn(CCNC(=O)c5nc(Nc6cc(C7CC7)nn6CC)c6c(n5)[nH]c5cc(-c7c(C)noc7C)c(C)cc56)cn4)cccc3C2=O)C(=O)N1. The Morgan fingerprint density at radius 1 is 1.05 bits per heavy atom. The van der Waals surface area contributed by atoms with Crippen molar-refractivity contribution in [3.05, 3.63) is 107 Å². The van der Waals surface area contributed by atoms with Crippen molar-refractivity contribution in [3.8, 4) is 11.1 Å². The first-order valence-corrected chi connectivity index (χ1v) is 22.1. The molecule has 1 saturated carbocycles. The van der Waals surface area contributed by atoms with Gasteiger partial charge < -0.3 is 40.2 Å². The van der Waals surface area contributed by atoms with Gasteiger partial charge in [-0.05, 0) is 102 Å². The van der Waals surface area contributed by atoms with Crippen molar-refractivity contribution >= 4 is 57.0 Å². The van der Waals surface area contributed by atoms with Gasteiger partial charge in [-0.2, -0.15) is 5.10 Å². The number of H-pyrrole nitrogens is 1. The molecule has 3 amide bonds. The Hall–Kier alpha value is -7.30. The molecule has 1 atom stereocenters. The minimum absolute atomic E-state index is 0.0416. The third-order valence-electron chi connectivity index (χ3n) is 12.6.